The summed E-state index contributed by atoms with van der Waals surface area (Å²) >= 11 is 0. The molecule has 0 spiro atoms. The lowest BCUT2D eigenvalue weighted by molar-refractivity contribution is -0.00887. The molecular weight excluding hydrogens is 168 g/mol. The zero-order valence-corrected chi connectivity index (χ0v) is 8.49. The molecule has 0 N–H and O–H groups in total. The lowest BCUT2D eigenvalue weighted by Gasteiger charge is -2.12. The van der Waals surface area contributed by atoms with Crippen LogP contribution in [0, 0.1) is 6.42 Å². The van der Waals surface area contributed by atoms with Gasteiger partial charge in [0, 0.05) is 6.61 Å². The summed E-state index contributed by atoms with van der Waals surface area (Å²) in [5.74, 6) is 0. The fourth-order valence-corrected chi connectivity index (χ4v) is 0.748. The monoisotopic (exact) mass is 187 g/mol. The van der Waals surface area contributed by atoms with Gasteiger partial charge in [0.05, 0.1) is 25.6 Å². The second kappa shape index (κ2) is 9.55. The SMILES string of the molecule is C=COCCOCC(C)OC[CH]C. The summed E-state index contributed by atoms with van der Waals surface area (Å²) in [6.45, 7) is 9.79. The molecule has 0 aromatic heterocycles. The minimum atomic E-state index is 0.139. The van der Waals surface area contributed by atoms with Crippen molar-refractivity contribution in [3.05, 3.63) is 19.3 Å². The van der Waals surface area contributed by atoms with E-state index in [9.17, 15) is 0 Å². The van der Waals surface area contributed by atoms with Crippen LogP contribution in [0.4, 0.5) is 0 Å². The van der Waals surface area contributed by atoms with E-state index in [4.69, 9.17) is 14.2 Å². The smallest absolute Gasteiger partial charge is 0.111 e. The number of hydrogen-bond donors (Lipinski definition) is 0. The minimum Gasteiger partial charge on any atom is -0.499 e. The van der Waals surface area contributed by atoms with Crippen molar-refractivity contribution < 1.29 is 14.2 Å². The Kier molecular flexibility index (Phi) is 9.15. The van der Waals surface area contributed by atoms with E-state index in [1.807, 2.05) is 20.3 Å². The quantitative estimate of drug-likeness (QED) is 0.407. The molecule has 1 unspecified atom stereocenters. The van der Waals surface area contributed by atoms with Gasteiger partial charge in [-0.25, -0.2) is 0 Å². The Morgan fingerprint density at radius 3 is 2.77 bits per heavy atom. The number of hydrogen-bond acceptors (Lipinski definition) is 3. The van der Waals surface area contributed by atoms with Crippen molar-refractivity contribution in [2.45, 2.75) is 20.0 Å². The molecule has 0 aromatic rings. The molecule has 0 aliphatic heterocycles. The van der Waals surface area contributed by atoms with E-state index < -0.39 is 0 Å². The molecule has 3 nitrogen and oxygen atoms in total. The molecule has 0 aliphatic carbocycles. The van der Waals surface area contributed by atoms with E-state index >= 15 is 0 Å². The zero-order chi connectivity index (χ0) is 9.94. The molecule has 0 saturated heterocycles. The van der Waals surface area contributed by atoms with Gasteiger partial charge in [0.25, 0.3) is 0 Å². The number of ether oxygens (including phenoxy) is 3. The van der Waals surface area contributed by atoms with Crippen molar-refractivity contribution >= 4 is 0 Å². The van der Waals surface area contributed by atoms with Crippen molar-refractivity contribution in [1.82, 2.24) is 0 Å². The topological polar surface area (TPSA) is 27.7 Å². The predicted octanol–water partition coefficient (Wildman–Crippen LogP) is 1.79. The highest BCUT2D eigenvalue weighted by atomic mass is 16.5. The van der Waals surface area contributed by atoms with Gasteiger partial charge in [0.15, 0.2) is 0 Å². The second-order valence-corrected chi connectivity index (χ2v) is 2.66. The summed E-state index contributed by atoms with van der Waals surface area (Å²) in [7, 11) is 0. The average Bonchev–Trinajstić information content (AvgIpc) is 2.14. The van der Waals surface area contributed by atoms with Gasteiger partial charge in [-0.05, 0) is 13.3 Å². The molecule has 13 heavy (non-hydrogen) atoms. The third-order valence-corrected chi connectivity index (χ3v) is 1.36. The van der Waals surface area contributed by atoms with Crippen LogP contribution in [-0.4, -0.2) is 32.5 Å². The van der Waals surface area contributed by atoms with E-state index in [2.05, 4.69) is 6.58 Å². The molecule has 0 saturated carbocycles. The minimum absolute atomic E-state index is 0.139. The van der Waals surface area contributed by atoms with Crippen molar-refractivity contribution in [1.29, 1.82) is 0 Å². The number of rotatable bonds is 9. The van der Waals surface area contributed by atoms with Crippen LogP contribution in [-0.2, 0) is 14.2 Å². The van der Waals surface area contributed by atoms with Gasteiger partial charge in [-0.3, -0.25) is 0 Å². The van der Waals surface area contributed by atoms with E-state index in [0.29, 0.717) is 26.4 Å². The Bertz CT molecular complexity index is 115. The highest BCUT2D eigenvalue weighted by Crippen LogP contribution is 1.93. The van der Waals surface area contributed by atoms with Crippen molar-refractivity contribution in [2.75, 3.05) is 26.4 Å². The first-order valence-electron chi connectivity index (χ1n) is 4.51. The van der Waals surface area contributed by atoms with Crippen LogP contribution in [0.15, 0.2) is 12.8 Å². The van der Waals surface area contributed by atoms with E-state index in [1.54, 1.807) is 0 Å². The molecule has 77 valence electrons. The van der Waals surface area contributed by atoms with Crippen LogP contribution in [0.1, 0.15) is 13.8 Å². The fraction of sp³-hybridized carbons (Fsp3) is 0.700. The van der Waals surface area contributed by atoms with Gasteiger partial charge in [-0.15, -0.1) is 0 Å². The maximum atomic E-state index is 5.36. The van der Waals surface area contributed by atoms with Crippen LogP contribution in [0.2, 0.25) is 0 Å². The van der Waals surface area contributed by atoms with Gasteiger partial charge in [-0.1, -0.05) is 13.5 Å². The summed E-state index contributed by atoms with van der Waals surface area (Å²) in [5.41, 5.74) is 0. The standard InChI is InChI=1S/C10H19O3/c1-4-6-13-10(3)9-12-8-7-11-5-2/h4-5,10H,2,6-9H2,1,3H3. The van der Waals surface area contributed by atoms with Gasteiger partial charge in [-0.2, -0.15) is 0 Å². The van der Waals surface area contributed by atoms with Crippen LogP contribution in [0.25, 0.3) is 0 Å². The molecule has 1 atom stereocenters. The Balaban J connectivity index is 3.07. The molecule has 1 radical (unpaired) electrons. The first-order chi connectivity index (χ1) is 6.31. The largest absolute Gasteiger partial charge is 0.499 e. The summed E-state index contributed by atoms with van der Waals surface area (Å²) < 4.78 is 15.5. The summed E-state index contributed by atoms with van der Waals surface area (Å²) in [6.07, 6.45) is 3.52. The summed E-state index contributed by atoms with van der Waals surface area (Å²) in [4.78, 5) is 0. The van der Waals surface area contributed by atoms with Gasteiger partial charge >= 0.3 is 0 Å². The molecule has 0 bridgehead atoms. The van der Waals surface area contributed by atoms with Gasteiger partial charge in [0.1, 0.15) is 6.61 Å². The molecule has 0 aromatic carbocycles. The Labute approximate surface area is 80.7 Å². The molecule has 0 aliphatic rings. The molecule has 3 heteroatoms. The molecular formula is C10H19O3. The lowest BCUT2D eigenvalue weighted by atomic mass is 10.4. The highest BCUT2D eigenvalue weighted by Gasteiger charge is 2.00. The zero-order valence-electron chi connectivity index (χ0n) is 8.49. The molecule has 0 rings (SSSR count). The van der Waals surface area contributed by atoms with Gasteiger partial charge < -0.3 is 14.2 Å². The van der Waals surface area contributed by atoms with E-state index in [0.717, 1.165) is 0 Å². The second-order valence-electron chi connectivity index (χ2n) is 2.66. The van der Waals surface area contributed by atoms with Crippen molar-refractivity contribution in [3.63, 3.8) is 0 Å². The third kappa shape index (κ3) is 9.37. The first-order valence-corrected chi connectivity index (χ1v) is 4.51. The Hall–Kier alpha value is -0.540. The molecule has 0 amide bonds. The van der Waals surface area contributed by atoms with Crippen molar-refractivity contribution in [3.8, 4) is 0 Å². The lowest BCUT2D eigenvalue weighted by Crippen LogP contribution is -2.18. The average molecular weight is 187 g/mol. The van der Waals surface area contributed by atoms with Crippen LogP contribution in [0.5, 0.6) is 0 Å². The third-order valence-electron chi connectivity index (χ3n) is 1.36. The van der Waals surface area contributed by atoms with Crippen LogP contribution >= 0.6 is 0 Å². The Morgan fingerprint density at radius 2 is 2.15 bits per heavy atom. The van der Waals surface area contributed by atoms with Gasteiger partial charge in [0.2, 0.25) is 0 Å². The van der Waals surface area contributed by atoms with E-state index in [-0.39, 0.29) is 6.10 Å². The summed E-state index contributed by atoms with van der Waals surface area (Å²) in [5, 5.41) is 0. The highest BCUT2D eigenvalue weighted by molar-refractivity contribution is 4.55. The summed E-state index contributed by atoms with van der Waals surface area (Å²) in [6, 6.07) is 0. The maximum Gasteiger partial charge on any atom is 0.111 e. The Morgan fingerprint density at radius 1 is 1.38 bits per heavy atom. The molecule has 0 heterocycles. The maximum absolute atomic E-state index is 5.36. The predicted molar refractivity (Wildman–Crippen MR) is 52.4 cm³/mol. The fourth-order valence-electron chi connectivity index (χ4n) is 0.748. The first kappa shape index (κ1) is 12.5. The van der Waals surface area contributed by atoms with Crippen LogP contribution < -0.4 is 0 Å². The van der Waals surface area contributed by atoms with Crippen LogP contribution in [0.3, 0.4) is 0 Å². The normalized spacial score (nSPS) is 12.5. The molecule has 0 fully saturated rings. The van der Waals surface area contributed by atoms with E-state index in [1.165, 1.54) is 6.26 Å². The van der Waals surface area contributed by atoms with Crippen molar-refractivity contribution in [2.24, 2.45) is 0 Å².